The monoisotopic (exact) mass is 363 g/mol. The second-order valence-corrected chi connectivity index (χ2v) is 7.33. The largest absolute Gasteiger partial charge is 0.357 e. The van der Waals surface area contributed by atoms with Crippen molar-refractivity contribution >= 4 is 5.82 Å². The topological polar surface area (TPSA) is 19.4 Å². The standard InChI is InChI=1S/C17H29N3.2C3H8/c1-3-11-19(12-4-2)15-16-8-13-20(14-9-16)17-7-5-6-10-18-17;2*1-3-2/h5-7,10,16H,3-4,8-9,11-15H2,1-2H3;2*3H2,1-2H3. The van der Waals surface area contributed by atoms with Crippen LogP contribution in [0, 0.1) is 5.92 Å². The van der Waals surface area contributed by atoms with Crippen molar-refractivity contribution in [2.45, 2.75) is 80.1 Å². The number of pyridine rings is 1. The highest BCUT2D eigenvalue weighted by Gasteiger charge is 2.21. The van der Waals surface area contributed by atoms with E-state index >= 15 is 0 Å². The van der Waals surface area contributed by atoms with Gasteiger partial charge in [-0.1, -0.05) is 60.5 Å². The lowest BCUT2D eigenvalue weighted by Crippen LogP contribution is -2.39. The zero-order valence-electron chi connectivity index (χ0n) is 18.5. The predicted octanol–water partition coefficient (Wildman–Crippen LogP) is 6.25. The number of anilines is 1. The Kier molecular flexibility index (Phi) is 16.6. The fourth-order valence-corrected chi connectivity index (χ4v) is 3.18. The molecule has 0 amide bonds. The first-order valence-corrected chi connectivity index (χ1v) is 11.0. The smallest absolute Gasteiger partial charge is 0.128 e. The predicted molar refractivity (Wildman–Crippen MR) is 118 cm³/mol. The van der Waals surface area contributed by atoms with Gasteiger partial charge in [0, 0.05) is 25.8 Å². The van der Waals surface area contributed by atoms with Crippen LogP contribution in [0.5, 0.6) is 0 Å². The number of rotatable bonds is 7. The molecular weight excluding hydrogens is 318 g/mol. The van der Waals surface area contributed by atoms with Gasteiger partial charge >= 0.3 is 0 Å². The average Bonchev–Trinajstić information content (AvgIpc) is 2.65. The zero-order chi connectivity index (χ0) is 19.6. The second kappa shape index (κ2) is 17.3. The van der Waals surface area contributed by atoms with Crippen molar-refractivity contribution in [2.75, 3.05) is 37.6 Å². The summed E-state index contributed by atoms with van der Waals surface area (Å²) in [5, 5.41) is 0. The summed E-state index contributed by atoms with van der Waals surface area (Å²) >= 11 is 0. The minimum absolute atomic E-state index is 0.869. The molecule has 2 rings (SSSR count). The Bertz CT molecular complexity index is 378. The average molecular weight is 364 g/mol. The lowest BCUT2D eigenvalue weighted by molar-refractivity contribution is 0.211. The van der Waals surface area contributed by atoms with E-state index in [1.807, 2.05) is 12.3 Å². The Balaban J connectivity index is 0.000000918. The lowest BCUT2D eigenvalue weighted by atomic mass is 9.96. The fourth-order valence-electron chi connectivity index (χ4n) is 3.18. The summed E-state index contributed by atoms with van der Waals surface area (Å²) in [7, 11) is 0. The van der Waals surface area contributed by atoms with Gasteiger partial charge in [-0.15, -0.1) is 0 Å². The molecule has 0 unspecified atom stereocenters. The second-order valence-electron chi connectivity index (χ2n) is 7.33. The van der Waals surface area contributed by atoms with Crippen LogP contribution in [0.1, 0.15) is 80.1 Å². The van der Waals surface area contributed by atoms with Crippen LogP contribution in [0.25, 0.3) is 0 Å². The van der Waals surface area contributed by atoms with Gasteiger partial charge in [0.2, 0.25) is 0 Å². The van der Waals surface area contributed by atoms with Crippen LogP contribution in [0.2, 0.25) is 0 Å². The van der Waals surface area contributed by atoms with E-state index in [0.717, 1.165) is 24.8 Å². The van der Waals surface area contributed by atoms with E-state index < -0.39 is 0 Å². The lowest BCUT2D eigenvalue weighted by Gasteiger charge is -2.35. The van der Waals surface area contributed by atoms with Gasteiger partial charge in [0.15, 0.2) is 0 Å². The molecule has 0 N–H and O–H groups in total. The van der Waals surface area contributed by atoms with Gasteiger partial charge in [0.05, 0.1) is 0 Å². The van der Waals surface area contributed by atoms with E-state index in [1.54, 1.807) is 0 Å². The number of hydrogen-bond acceptors (Lipinski definition) is 3. The van der Waals surface area contributed by atoms with Crippen LogP contribution in [-0.4, -0.2) is 42.6 Å². The molecule has 0 spiro atoms. The molecule has 1 saturated heterocycles. The Morgan fingerprint density at radius 3 is 1.88 bits per heavy atom. The zero-order valence-corrected chi connectivity index (χ0v) is 18.5. The van der Waals surface area contributed by atoms with E-state index in [9.17, 15) is 0 Å². The van der Waals surface area contributed by atoms with E-state index in [-0.39, 0.29) is 0 Å². The molecule has 3 nitrogen and oxygen atoms in total. The Hall–Kier alpha value is -1.09. The van der Waals surface area contributed by atoms with Crippen molar-refractivity contribution in [2.24, 2.45) is 5.92 Å². The van der Waals surface area contributed by atoms with Crippen molar-refractivity contribution in [3.63, 3.8) is 0 Å². The van der Waals surface area contributed by atoms with Crippen LogP contribution in [0.4, 0.5) is 5.82 Å². The SMILES string of the molecule is CCC.CCC.CCCN(CCC)CC1CCN(c2ccccn2)CC1. The fraction of sp³-hybridized carbons (Fsp3) is 0.783. The first kappa shape index (κ1) is 24.9. The van der Waals surface area contributed by atoms with Crippen molar-refractivity contribution < 1.29 is 0 Å². The first-order valence-electron chi connectivity index (χ1n) is 11.0. The molecule has 1 aliphatic rings. The van der Waals surface area contributed by atoms with Gasteiger partial charge in [-0.25, -0.2) is 4.98 Å². The summed E-state index contributed by atoms with van der Waals surface area (Å²) in [6.45, 7) is 19.2. The Labute approximate surface area is 164 Å². The van der Waals surface area contributed by atoms with Crippen LogP contribution >= 0.6 is 0 Å². The third kappa shape index (κ3) is 11.5. The molecular formula is C23H45N3. The van der Waals surface area contributed by atoms with Crippen molar-refractivity contribution in [3.05, 3.63) is 24.4 Å². The van der Waals surface area contributed by atoms with Gasteiger partial charge in [-0.2, -0.15) is 0 Å². The Morgan fingerprint density at radius 1 is 0.923 bits per heavy atom. The number of hydrogen-bond donors (Lipinski definition) is 0. The van der Waals surface area contributed by atoms with Gasteiger partial charge < -0.3 is 9.80 Å². The number of nitrogens with zero attached hydrogens (tertiary/aromatic N) is 3. The van der Waals surface area contributed by atoms with E-state index in [4.69, 9.17) is 0 Å². The van der Waals surface area contributed by atoms with Crippen LogP contribution in [-0.2, 0) is 0 Å². The highest BCUT2D eigenvalue weighted by atomic mass is 15.2. The van der Waals surface area contributed by atoms with E-state index in [1.165, 1.54) is 58.2 Å². The van der Waals surface area contributed by atoms with Gasteiger partial charge in [-0.05, 0) is 56.8 Å². The maximum Gasteiger partial charge on any atom is 0.128 e. The van der Waals surface area contributed by atoms with Gasteiger partial charge in [-0.3, -0.25) is 0 Å². The molecule has 3 heteroatoms. The summed E-state index contributed by atoms with van der Waals surface area (Å²) in [6.07, 6.45) is 9.55. The third-order valence-electron chi connectivity index (χ3n) is 4.18. The highest BCUT2D eigenvalue weighted by Crippen LogP contribution is 2.22. The molecule has 0 bridgehead atoms. The Morgan fingerprint density at radius 2 is 1.46 bits per heavy atom. The van der Waals surface area contributed by atoms with Crippen LogP contribution in [0.15, 0.2) is 24.4 Å². The molecule has 2 heterocycles. The van der Waals surface area contributed by atoms with E-state index in [0.29, 0.717) is 0 Å². The van der Waals surface area contributed by atoms with Gasteiger partial charge in [0.25, 0.3) is 0 Å². The summed E-state index contributed by atoms with van der Waals surface area (Å²) < 4.78 is 0. The molecule has 1 aromatic rings. The third-order valence-corrected chi connectivity index (χ3v) is 4.18. The summed E-state index contributed by atoms with van der Waals surface area (Å²) in [5.41, 5.74) is 0. The first-order chi connectivity index (χ1) is 12.7. The normalized spacial score (nSPS) is 14.3. The van der Waals surface area contributed by atoms with Crippen molar-refractivity contribution in [1.29, 1.82) is 0 Å². The molecule has 26 heavy (non-hydrogen) atoms. The van der Waals surface area contributed by atoms with Crippen molar-refractivity contribution in [1.82, 2.24) is 9.88 Å². The summed E-state index contributed by atoms with van der Waals surface area (Å²) in [6, 6.07) is 6.20. The maximum absolute atomic E-state index is 4.46. The molecule has 0 atom stereocenters. The molecule has 1 aromatic heterocycles. The number of aromatic nitrogens is 1. The molecule has 1 aliphatic heterocycles. The van der Waals surface area contributed by atoms with Gasteiger partial charge in [0.1, 0.15) is 5.82 Å². The minimum atomic E-state index is 0.869. The minimum Gasteiger partial charge on any atom is -0.357 e. The van der Waals surface area contributed by atoms with E-state index in [2.05, 4.69) is 68.5 Å². The highest BCUT2D eigenvalue weighted by molar-refractivity contribution is 5.37. The molecule has 0 radical (unpaired) electrons. The molecule has 1 fully saturated rings. The van der Waals surface area contributed by atoms with Crippen molar-refractivity contribution in [3.8, 4) is 0 Å². The summed E-state index contributed by atoms with van der Waals surface area (Å²) in [4.78, 5) is 9.55. The molecule has 0 aliphatic carbocycles. The maximum atomic E-state index is 4.46. The molecule has 152 valence electrons. The molecule has 0 aromatic carbocycles. The summed E-state index contributed by atoms with van der Waals surface area (Å²) in [5.74, 6) is 2.01. The quantitative estimate of drug-likeness (QED) is 0.570. The van der Waals surface area contributed by atoms with Crippen LogP contribution < -0.4 is 4.90 Å². The molecule has 0 saturated carbocycles. The van der Waals surface area contributed by atoms with Crippen LogP contribution in [0.3, 0.4) is 0 Å². The number of piperidine rings is 1.